The Balaban J connectivity index is 1.57. The highest BCUT2D eigenvalue weighted by molar-refractivity contribution is 6.30. The van der Waals surface area contributed by atoms with Gasteiger partial charge in [-0.1, -0.05) is 47.0 Å². The molecule has 0 saturated carbocycles. The third-order valence-corrected chi connectivity index (χ3v) is 7.38. The molecule has 0 bridgehead atoms. The van der Waals surface area contributed by atoms with Crippen LogP contribution in [0.25, 0.3) is 0 Å². The zero-order valence-electron chi connectivity index (χ0n) is 20.6. The molecular weight excluding hydrogens is 490 g/mol. The summed E-state index contributed by atoms with van der Waals surface area (Å²) in [5, 5.41) is 28.9. The number of rotatable bonds is 5. The number of nitrogens with one attached hydrogen (secondary N) is 1. The van der Waals surface area contributed by atoms with Crippen LogP contribution in [-0.2, 0) is 5.60 Å². The van der Waals surface area contributed by atoms with E-state index in [-0.39, 0.29) is 6.04 Å². The molecule has 2 aliphatic rings. The number of aliphatic hydroxyl groups is 1. The summed E-state index contributed by atoms with van der Waals surface area (Å²) in [5.74, 6) is 1.34. The minimum Gasteiger partial charge on any atom is -0.497 e. The summed E-state index contributed by atoms with van der Waals surface area (Å²) in [4.78, 5) is 3.96. The number of anilines is 2. The highest BCUT2D eigenvalue weighted by atomic mass is 35.5. The molecule has 9 nitrogen and oxygen atoms in total. The summed E-state index contributed by atoms with van der Waals surface area (Å²) in [6.45, 7) is 0.598. The average molecular weight is 516 g/mol. The second-order valence-corrected chi connectivity index (χ2v) is 9.68. The van der Waals surface area contributed by atoms with E-state index >= 15 is 0 Å². The topological polar surface area (TPSA) is 91.6 Å². The minimum absolute atomic E-state index is 0.330. The lowest BCUT2D eigenvalue weighted by Crippen LogP contribution is -2.37. The van der Waals surface area contributed by atoms with Crippen molar-refractivity contribution >= 4 is 23.2 Å². The molecule has 2 aliphatic heterocycles. The molecule has 6 rings (SSSR count). The number of methoxy groups -OCH3 is 1. The first-order valence-electron chi connectivity index (χ1n) is 11.9. The van der Waals surface area contributed by atoms with Crippen molar-refractivity contribution < 1.29 is 9.84 Å². The van der Waals surface area contributed by atoms with E-state index in [4.69, 9.17) is 16.3 Å². The minimum atomic E-state index is -1.43. The largest absolute Gasteiger partial charge is 0.497 e. The molecule has 2 unspecified atom stereocenters. The van der Waals surface area contributed by atoms with Gasteiger partial charge in [-0.25, -0.2) is 0 Å². The molecule has 0 amide bonds. The van der Waals surface area contributed by atoms with E-state index in [1.807, 2.05) is 96.8 Å². The van der Waals surface area contributed by atoms with Gasteiger partial charge in [0.2, 0.25) is 0 Å². The lowest BCUT2D eigenvalue weighted by molar-refractivity contribution is 0.0929. The molecule has 0 aliphatic carbocycles. The van der Waals surface area contributed by atoms with Crippen LogP contribution >= 0.6 is 11.6 Å². The lowest BCUT2D eigenvalue weighted by Gasteiger charge is -2.37. The molecule has 2 N–H and O–H groups in total. The maximum atomic E-state index is 12.5. The Morgan fingerprint density at radius 1 is 1.05 bits per heavy atom. The second kappa shape index (κ2) is 8.79. The van der Waals surface area contributed by atoms with Crippen LogP contribution in [0, 0.1) is 0 Å². The molecule has 188 valence electrons. The molecular formula is C27H26ClN7O2. The van der Waals surface area contributed by atoms with E-state index in [1.165, 1.54) is 0 Å². The average Bonchev–Trinajstić information content (AvgIpc) is 3.58. The van der Waals surface area contributed by atoms with Gasteiger partial charge in [-0.15, -0.1) is 0 Å². The summed E-state index contributed by atoms with van der Waals surface area (Å²) in [6.07, 6.45) is 1.86. The van der Waals surface area contributed by atoms with Gasteiger partial charge in [-0.2, -0.15) is 4.68 Å². The van der Waals surface area contributed by atoms with Gasteiger partial charge in [-0.05, 0) is 63.5 Å². The van der Waals surface area contributed by atoms with E-state index in [9.17, 15) is 5.11 Å². The van der Waals surface area contributed by atoms with Crippen molar-refractivity contribution in [3.8, 4) is 5.75 Å². The van der Waals surface area contributed by atoms with Crippen LogP contribution < -0.4 is 15.0 Å². The number of halogens is 1. The van der Waals surface area contributed by atoms with Crippen molar-refractivity contribution in [1.82, 2.24) is 30.4 Å². The van der Waals surface area contributed by atoms with Crippen LogP contribution in [0.1, 0.15) is 28.3 Å². The first kappa shape index (κ1) is 23.3. The number of likely N-dealkylation sites (N-methyl/N-ethyl adjacent to an activating group) is 1. The third-order valence-electron chi connectivity index (χ3n) is 7.14. The van der Waals surface area contributed by atoms with Crippen LogP contribution in [0.5, 0.6) is 5.75 Å². The van der Waals surface area contributed by atoms with Crippen LogP contribution in [0.2, 0.25) is 5.02 Å². The number of hydrogen-bond donors (Lipinski definition) is 2. The fourth-order valence-electron chi connectivity index (χ4n) is 5.27. The summed E-state index contributed by atoms with van der Waals surface area (Å²) in [6, 6.07) is 20.9. The molecule has 0 radical (unpaired) electrons. The van der Waals surface area contributed by atoms with Gasteiger partial charge < -0.3 is 25.0 Å². The number of aromatic nitrogens is 4. The Kier molecular flexibility index (Phi) is 5.54. The van der Waals surface area contributed by atoms with E-state index in [2.05, 4.69) is 20.8 Å². The van der Waals surface area contributed by atoms with E-state index in [0.29, 0.717) is 17.6 Å². The molecule has 3 heterocycles. The molecule has 2 atom stereocenters. The van der Waals surface area contributed by atoms with Gasteiger partial charge in [0.1, 0.15) is 11.8 Å². The molecule has 4 aromatic rings. The number of benzene rings is 3. The third kappa shape index (κ3) is 3.61. The quantitative estimate of drug-likeness (QED) is 0.416. The van der Waals surface area contributed by atoms with Crippen molar-refractivity contribution in [3.63, 3.8) is 0 Å². The van der Waals surface area contributed by atoms with E-state index in [0.717, 1.165) is 39.4 Å². The Morgan fingerprint density at radius 2 is 1.84 bits per heavy atom. The SMILES string of the molecule is COc1ccc(C(O)(C2=CNCN2C)c2ccc3c(c2)C(c2cccc(Cl)c2)n2nnnc2N3C)cc1. The standard InChI is InChI=1S/C27H26ClN7O2/c1-33-16-29-15-24(33)27(36,18-7-10-21(37-3)11-8-18)19-9-12-23-22(14-19)25(17-5-4-6-20(28)13-17)35-26(34(23)2)30-31-32-35/h4-15,25,29,36H,16H2,1-3H3. The van der Waals surface area contributed by atoms with Crippen LogP contribution in [0.15, 0.2) is 78.6 Å². The van der Waals surface area contributed by atoms with Crippen molar-refractivity contribution in [2.45, 2.75) is 11.6 Å². The van der Waals surface area contributed by atoms with E-state index < -0.39 is 5.60 Å². The zero-order valence-corrected chi connectivity index (χ0v) is 21.4. The predicted molar refractivity (Wildman–Crippen MR) is 141 cm³/mol. The maximum absolute atomic E-state index is 12.5. The maximum Gasteiger partial charge on any atom is 0.250 e. The van der Waals surface area contributed by atoms with Gasteiger partial charge in [-0.3, -0.25) is 0 Å². The Morgan fingerprint density at radius 3 is 2.54 bits per heavy atom. The number of hydrogen-bond acceptors (Lipinski definition) is 8. The lowest BCUT2D eigenvalue weighted by atomic mass is 9.81. The first-order chi connectivity index (χ1) is 17.9. The second-order valence-electron chi connectivity index (χ2n) is 9.24. The number of fused-ring (bicyclic) bond motifs is 2. The van der Waals surface area contributed by atoms with Crippen LogP contribution in [0.4, 0.5) is 11.6 Å². The Bertz CT molecular complexity index is 1500. The smallest absolute Gasteiger partial charge is 0.250 e. The molecule has 1 aromatic heterocycles. The predicted octanol–water partition coefficient (Wildman–Crippen LogP) is 3.62. The number of nitrogens with zero attached hydrogens (tertiary/aromatic N) is 6. The Labute approximate surface area is 219 Å². The summed E-state index contributed by atoms with van der Waals surface area (Å²) in [5.41, 5.74) is 3.58. The number of tetrazole rings is 1. The highest BCUT2D eigenvalue weighted by Crippen LogP contribution is 2.46. The molecule has 37 heavy (non-hydrogen) atoms. The Hall–Kier alpha value is -4.08. The van der Waals surface area contributed by atoms with Gasteiger partial charge >= 0.3 is 0 Å². The van der Waals surface area contributed by atoms with Gasteiger partial charge in [0.15, 0.2) is 5.60 Å². The van der Waals surface area contributed by atoms with Crippen LogP contribution in [0.3, 0.4) is 0 Å². The van der Waals surface area contributed by atoms with E-state index in [1.54, 1.807) is 11.8 Å². The zero-order chi connectivity index (χ0) is 25.7. The molecule has 10 heteroatoms. The fourth-order valence-corrected chi connectivity index (χ4v) is 5.47. The van der Waals surface area contributed by atoms with Crippen LogP contribution in [-0.4, -0.2) is 58.1 Å². The highest BCUT2D eigenvalue weighted by Gasteiger charge is 2.42. The first-order valence-corrected chi connectivity index (χ1v) is 12.2. The summed E-state index contributed by atoms with van der Waals surface area (Å²) >= 11 is 6.39. The monoisotopic (exact) mass is 515 g/mol. The van der Waals surface area contributed by atoms with Crippen molar-refractivity contribution in [3.05, 3.63) is 106 Å². The molecule has 0 spiro atoms. The van der Waals surface area contributed by atoms with Crippen molar-refractivity contribution in [2.24, 2.45) is 0 Å². The normalized spacial score (nSPS) is 18.0. The fraction of sp³-hybridized carbons (Fsp3) is 0.222. The molecule has 3 aromatic carbocycles. The van der Waals surface area contributed by atoms with Crippen molar-refractivity contribution in [2.75, 3.05) is 32.8 Å². The summed E-state index contributed by atoms with van der Waals surface area (Å²) in [7, 11) is 5.51. The number of ether oxygens (including phenoxy) is 1. The van der Waals surface area contributed by atoms with Crippen molar-refractivity contribution in [1.29, 1.82) is 0 Å². The molecule has 0 saturated heterocycles. The van der Waals surface area contributed by atoms with Gasteiger partial charge in [0.05, 0.1) is 19.5 Å². The van der Waals surface area contributed by atoms with Gasteiger partial charge in [0, 0.05) is 36.6 Å². The molecule has 0 fully saturated rings. The summed E-state index contributed by atoms with van der Waals surface area (Å²) < 4.78 is 7.15. The van der Waals surface area contributed by atoms with Gasteiger partial charge in [0.25, 0.3) is 5.95 Å².